The number of hydrogen-bond donors (Lipinski definition) is 1. The molecule has 0 saturated carbocycles. The molecule has 0 aromatic heterocycles. The Morgan fingerprint density at radius 1 is 1.38 bits per heavy atom. The Balaban J connectivity index is 2.85. The molecule has 0 fully saturated rings. The Morgan fingerprint density at radius 3 is 2.48 bits per heavy atom. The van der Waals surface area contributed by atoms with Crippen molar-refractivity contribution in [1.82, 2.24) is 5.32 Å². The van der Waals surface area contributed by atoms with Gasteiger partial charge in [0.05, 0.1) is 0 Å². The van der Waals surface area contributed by atoms with Crippen LogP contribution in [0.15, 0.2) is 47.4 Å². The fourth-order valence-electron chi connectivity index (χ4n) is 1.34. The maximum absolute atomic E-state index is 12.2. The first-order chi connectivity index (χ1) is 9.85. The van der Waals surface area contributed by atoms with Crippen LogP contribution in [-0.4, -0.2) is 18.0 Å². The summed E-state index contributed by atoms with van der Waals surface area (Å²) < 4.78 is 36.5. The third-order valence-corrected chi connectivity index (χ3v) is 2.94. The fraction of sp³-hybridized carbons (Fsp3) is 0.143. The first-order valence-corrected chi connectivity index (χ1v) is 6.54. The number of nitrogens with zero attached hydrogens (tertiary/aromatic N) is 1. The quantitative estimate of drug-likeness (QED) is 0.392. The minimum Gasteiger partial charge on any atom is -0.348 e. The van der Waals surface area contributed by atoms with E-state index in [4.69, 9.17) is 5.26 Å². The molecule has 0 aliphatic carbocycles. The van der Waals surface area contributed by atoms with Gasteiger partial charge in [0.25, 0.3) is 5.91 Å². The molecule has 1 amide bonds. The average molecular weight is 312 g/mol. The maximum atomic E-state index is 12.2. The van der Waals surface area contributed by atoms with Crippen molar-refractivity contribution in [3.05, 3.63) is 48.1 Å². The summed E-state index contributed by atoms with van der Waals surface area (Å²) in [5, 5.41) is 11.4. The molecule has 1 aromatic rings. The zero-order valence-corrected chi connectivity index (χ0v) is 11.6. The van der Waals surface area contributed by atoms with E-state index in [1.807, 2.05) is 0 Å². The monoisotopic (exact) mass is 312 g/mol. The molecule has 110 valence electrons. The van der Waals surface area contributed by atoms with Crippen LogP contribution in [0, 0.1) is 11.3 Å². The van der Waals surface area contributed by atoms with Crippen LogP contribution in [-0.2, 0) is 4.79 Å². The van der Waals surface area contributed by atoms with Crippen LogP contribution in [0.5, 0.6) is 0 Å². The highest BCUT2D eigenvalue weighted by Crippen LogP contribution is 2.36. The van der Waals surface area contributed by atoms with E-state index >= 15 is 0 Å². The highest BCUT2D eigenvalue weighted by molar-refractivity contribution is 8.00. The van der Waals surface area contributed by atoms with Gasteiger partial charge in [0.15, 0.2) is 0 Å². The summed E-state index contributed by atoms with van der Waals surface area (Å²) in [6.45, 7) is 3.65. The number of thioether (sulfide) groups is 1. The first kappa shape index (κ1) is 16.9. The Kier molecular flexibility index (Phi) is 6.06. The Bertz CT molecular complexity index is 586. The molecule has 0 radical (unpaired) electrons. The zero-order chi connectivity index (χ0) is 15.9. The molecule has 0 atom stereocenters. The number of rotatable bonds is 5. The number of nitrogens with one attached hydrogen (secondary N) is 1. The van der Waals surface area contributed by atoms with E-state index in [0.717, 1.165) is 0 Å². The molecule has 1 aromatic carbocycles. The van der Waals surface area contributed by atoms with Crippen molar-refractivity contribution in [2.45, 2.75) is 10.4 Å². The summed E-state index contributed by atoms with van der Waals surface area (Å²) >= 11 is -0.225. The molecule has 3 nitrogen and oxygen atoms in total. The number of carbonyl (C=O) groups is 1. The second-order valence-electron chi connectivity index (χ2n) is 3.79. The predicted molar refractivity (Wildman–Crippen MR) is 75.2 cm³/mol. The highest BCUT2D eigenvalue weighted by Gasteiger charge is 2.28. The lowest BCUT2D eigenvalue weighted by atomic mass is 10.1. The van der Waals surface area contributed by atoms with E-state index in [0.29, 0.717) is 5.56 Å². The van der Waals surface area contributed by atoms with E-state index in [1.54, 1.807) is 6.07 Å². The average Bonchev–Trinajstić information content (AvgIpc) is 2.42. The lowest BCUT2D eigenvalue weighted by molar-refractivity contribution is -0.116. The lowest BCUT2D eigenvalue weighted by Crippen LogP contribution is -2.24. The summed E-state index contributed by atoms with van der Waals surface area (Å²) in [4.78, 5) is 11.6. The lowest BCUT2D eigenvalue weighted by Gasteiger charge is -2.05. The van der Waals surface area contributed by atoms with E-state index in [2.05, 4.69) is 11.9 Å². The SMILES string of the molecule is C=CCNC(=O)/C(C#N)=C/c1ccc(SC(F)(F)F)cc1. The van der Waals surface area contributed by atoms with Crippen molar-refractivity contribution >= 4 is 23.7 Å². The summed E-state index contributed by atoms with van der Waals surface area (Å²) in [5.74, 6) is -0.564. The Hall–Kier alpha value is -2.20. The van der Waals surface area contributed by atoms with Crippen LogP contribution in [0.2, 0.25) is 0 Å². The van der Waals surface area contributed by atoms with Crippen LogP contribution in [0.4, 0.5) is 13.2 Å². The minimum absolute atomic E-state index is 0.0364. The normalized spacial score (nSPS) is 11.6. The van der Waals surface area contributed by atoms with Crippen molar-refractivity contribution in [1.29, 1.82) is 5.26 Å². The number of hydrogen-bond acceptors (Lipinski definition) is 3. The molecule has 0 aliphatic heterocycles. The Labute approximate surface area is 124 Å². The van der Waals surface area contributed by atoms with Crippen LogP contribution in [0.25, 0.3) is 6.08 Å². The predicted octanol–water partition coefficient (Wildman–Crippen LogP) is 3.51. The van der Waals surface area contributed by atoms with Gasteiger partial charge in [-0.1, -0.05) is 18.2 Å². The number of amides is 1. The molecule has 0 unspecified atom stereocenters. The highest BCUT2D eigenvalue weighted by atomic mass is 32.2. The first-order valence-electron chi connectivity index (χ1n) is 5.72. The third kappa shape index (κ3) is 6.19. The van der Waals surface area contributed by atoms with Crippen LogP contribution >= 0.6 is 11.8 Å². The fourth-order valence-corrected chi connectivity index (χ4v) is 1.88. The Morgan fingerprint density at radius 2 is 2.00 bits per heavy atom. The molecule has 1 rings (SSSR count). The molecule has 0 bridgehead atoms. The van der Waals surface area contributed by atoms with Crippen molar-refractivity contribution in [2.75, 3.05) is 6.54 Å². The van der Waals surface area contributed by atoms with Gasteiger partial charge in [0, 0.05) is 11.4 Å². The largest absolute Gasteiger partial charge is 0.446 e. The van der Waals surface area contributed by atoms with Gasteiger partial charge >= 0.3 is 5.51 Å². The van der Waals surface area contributed by atoms with Crippen molar-refractivity contribution in [2.24, 2.45) is 0 Å². The van der Waals surface area contributed by atoms with Crippen molar-refractivity contribution in [3.8, 4) is 6.07 Å². The van der Waals surface area contributed by atoms with Crippen LogP contribution in [0.1, 0.15) is 5.56 Å². The summed E-state index contributed by atoms with van der Waals surface area (Å²) in [5.41, 5.74) is -4.01. The second kappa shape index (κ2) is 7.55. The van der Waals surface area contributed by atoms with Crippen LogP contribution in [0.3, 0.4) is 0 Å². The maximum Gasteiger partial charge on any atom is 0.446 e. The summed E-state index contributed by atoms with van der Waals surface area (Å²) in [7, 11) is 0. The second-order valence-corrected chi connectivity index (χ2v) is 4.92. The molecule has 0 heterocycles. The zero-order valence-electron chi connectivity index (χ0n) is 10.8. The van der Waals surface area contributed by atoms with Crippen LogP contribution < -0.4 is 5.32 Å². The van der Waals surface area contributed by atoms with E-state index in [9.17, 15) is 18.0 Å². The number of halogens is 3. The molecule has 7 heteroatoms. The molecule has 0 spiro atoms. The number of carbonyl (C=O) groups excluding carboxylic acids is 1. The summed E-state index contributed by atoms with van der Waals surface area (Å²) in [6, 6.07) is 7.12. The molecular weight excluding hydrogens is 301 g/mol. The molecule has 1 N–H and O–H groups in total. The van der Waals surface area contributed by atoms with Crippen molar-refractivity contribution < 1.29 is 18.0 Å². The molecule has 0 aliphatic rings. The standard InChI is InChI=1S/C14H11F3N2OS/c1-2-7-19-13(20)11(9-18)8-10-3-5-12(6-4-10)21-14(15,16)17/h2-6,8H,1,7H2,(H,19,20)/b11-8+. The van der Waals surface area contributed by atoms with Gasteiger partial charge < -0.3 is 5.32 Å². The van der Waals surface area contributed by atoms with E-state index < -0.39 is 11.4 Å². The molecular formula is C14H11F3N2OS. The number of nitriles is 1. The van der Waals surface area contributed by atoms with Gasteiger partial charge in [-0.2, -0.15) is 18.4 Å². The van der Waals surface area contributed by atoms with Gasteiger partial charge in [0.2, 0.25) is 0 Å². The number of alkyl halides is 3. The van der Waals surface area contributed by atoms with E-state index in [-0.39, 0.29) is 28.8 Å². The van der Waals surface area contributed by atoms with Gasteiger partial charge in [-0.15, -0.1) is 6.58 Å². The van der Waals surface area contributed by atoms with Gasteiger partial charge in [0.1, 0.15) is 11.6 Å². The minimum atomic E-state index is -4.35. The smallest absolute Gasteiger partial charge is 0.348 e. The topological polar surface area (TPSA) is 52.9 Å². The van der Waals surface area contributed by atoms with Crippen molar-refractivity contribution in [3.63, 3.8) is 0 Å². The molecule has 21 heavy (non-hydrogen) atoms. The van der Waals surface area contributed by atoms with Gasteiger partial charge in [-0.3, -0.25) is 4.79 Å². The van der Waals surface area contributed by atoms with E-state index in [1.165, 1.54) is 36.4 Å². The summed E-state index contributed by atoms with van der Waals surface area (Å²) in [6.07, 6.45) is 2.77. The van der Waals surface area contributed by atoms with Gasteiger partial charge in [-0.05, 0) is 35.5 Å². The number of benzene rings is 1. The van der Waals surface area contributed by atoms with Gasteiger partial charge in [-0.25, -0.2) is 0 Å². The third-order valence-electron chi connectivity index (χ3n) is 2.20. The molecule has 0 saturated heterocycles.